The lowest BCUT2D eigenvalue weighted by atomic mass is 9.83. The average Bonchev–Trinajstić information content (AvgIpc) is 3.27. The highest BCUT2D eigenvalue weighted by Crippen LogP contribution is 2.48. The zero-order valence-electron chi connectivity index (χ0n) is 21.5. The number of halogens is 3. The van der Waals surface area contributed by atoms with Crippen molar-refractivity contribution < 1.29 is 26.4 Å². The number of primary sulfonamides is 1. The maximum atomic E-state index is 14.0. The van der Waals surface area contributed by atoms with E-state index in [1.165, 1.54) is 18.2 Å². The number of carbonyl (C=O) groups excluding carboxylic acids is 1. The number of nitrogens with zero attached hydrogens (tertiary/aromatic N) is 3. The summed E-state index contributed by atoms with van der Waals surface area (Å²) in [6, 6.07) is 12.6. The highest BCUT2D eigenvalue weighted by atomic mass is 32.2. The number of hydrazone groups is 1. The molecule has 1 amide bonds. The van der Waals surface area contributed by atoms with E-state index in [9.17, 15) is 26.4 Å². The Labute approximate surface area is 220 Å². The first-order valence-corrected chi connectivity index (χ1v) is 13.6. The fraction of sp³-hybridized carbons (Fsp3) is 0.333. The summed E-state index contributed by atoms with van der Waals surface area (Å²) in [6.07, 6.45) is -1.35. The van der Waals surface area contributed by atoms with Crippen LogP contribution >= 0.6 is 0 Å². The number of anilines is 2. The van der Waals surface area contributed by atoms with Crippen LogP contribution in [0.5, 0.6) is 0 Å². The molecule has 0 fully saturated rings. The Morgan fingerprint density at radius 2 is 1.76 bits per heavy atom. The quantitative estimate of drug-likeness (QED) is 0.501. The molecular formula is C27H29F3N4O3S. The van der Waals surface area contributed by atoms with Gasteiger partial charge < -0.3 is 4.90 Å². The Hall–Kier alpha value is -3.44. The molecule has 0 radical (unpaired) electrons. The van der Waals surface area contributed by atoms with Gasteiger partial charge >= 0.3 is 6.18 Å². The number of allylic oxidation sites excluding steroid dienone is 3. The smallest absolute Gasteiger partial charge is 0.344 e. The number of sulfonamides is 1. The number of hydrogen-bond acceptors (Lipinski definition) is 5. The van der Waals surface area contributed by atoms with Gasteiger partial charge in [0.2, 0.25) is 10.0 Å². The van der Waals surface area contributed by atoms with E-state index in [1.54, 1.807) is 6.08 Å². The van der Waals surface area contributed by atoms with Crippen molar-refractivity contribution >= 4 is 33.0 Å². The van der Waals surface area contributed by atoms with Crippen molar-refractivity contribution in [2.45, 2.75) is 50.6 Å². The average molecular weight is 547 g/mol. The molecule has 2 N–H and O–H groups in total. The molecule has 2 aliphatic heterocycles. The normalized spacial score (nSPS) is 19.6. The monoisotopic (exact) mass is 546 g/mol. The summed E-state index contributed by atoms with van der Waals surface area (Å²) in [6.45, 7) is 8.84. The molecule has 0 bridgehead atoms. The molecular weight excluding hydrogens is 517 g/mol. The van der Waals surface area contributed by atoms with Crippen LogP contribution in [0.1, 0.15) is 39.7 Å². The Balaban J connectivity index is 1.80. The molecule has 2 heterocycles. The second-order valence-corrected chi connectivity index (χ2v) is 11.8. The summed E-state index contributed by atoms with van der Waals surface area (Å²) in [5, 5.41) is 9.24. The van der Waals surface area contributed by atoms with E-state index in [0.29, 0.717) is 17.5 Å². The number of carbonyl (C=O) groups is 1. The van der Waals surface area contributed by atoms with Crippen LogP contribution < -0.4 is 15.0 Å². The molecule has 2 aromatic carbocycles. The summed E-state index contributed by atoms with van der Waals surface area (Å²) >= 11 is 0. The number of nitrogens with two attached hydrogens (primary N) is 1. The minimum atomic E-state index is -4.92. The lowest BCUT2D eigenvalue weighted by Crippen LogP contribution is -2.28. The summed E-state index contributed by atoms with van der Waals surface area (Å²) < 4.78 is 65.5. The second-order valence-electron chi connectivity index (χ2n) is 10.2. The highest BCUT2D eigenvalue weighted by Gasteiger charge is 2.47. The first kappa shape index (κ1) is 27.6. The maximum absolute atomic E-state index is 14.0. The molecule has 2 aliphatic rings. The first-order chi connectivity index (χ1) is 17.6. The van der Waals surface area contributed by atoms with E-state index in [4.69, 9.17) is 5.14 Å². The van der Waals surface area contributed by atoms with Crippen LogP contribution in [-0.2, 0) is 20.2 Å². The van der Waals surface area contributed by atoms with Crippen molar-refractivity contribution in [2.24, 2.45) is 16.2 Å². The van der Waals surface area contributed by atoms with Gasteiger partial charge in [-0.3, -0.25) is 4.79 Å². The van der Waals surface area contributed by atoms with Gasteiger partial charge in [-0.1, -0.05) is 52.0 Å². The minimum absolute atomic E-state index is 0.147. The lowest BCUT2D eigenvalue weighted by molar-refractivity contribution is -0.114. The van der Waals surface area contributed by atoms with Crippen molar-refractivity contribution in [1.29, 1.82) is 0 Å². The van der Waals surface area contributed by atoms with Crippen LogP contribution in [0.3, 0.4) is 0 Å². The number of fused-ring (bicyclic) bond motifs is 1. The predicted molar refractivity (Wildman–Crippen MR) is 141 cm³/mol. The summed E-state index contributed by atoms with van der Waals surface area (Å²) in [4.78, 5) is 15.0. The molecule has 0 aromatic heterocycles. The molecule has 202 valence electrons. The molecule has 4 rings (SSSR count). The summed E-state index contributed by atoms with van der Waals surface area (Å²) in [7, 11) is -4.14. The van der Waals surface area contributed by atoms with Crippen molar-refractivity contribution in [3.05, 3.63) is 77.5 Å². The molecule has 0 unspecified atom stereocenters. The minimum Gasteiger partial charge on any atom is -0.344 e. The third-order valence-corrected chi connectivity index (χ3v) is 7.59. The van der Waals surface area contributed by atoms with Gasteiger partial charge in [0, 0.05) is 23.3 Å². The van der Waals surface area contributed by atoms with Crippen LogP contribution in [0.25, 0.3) is 0 Å². The van der Waals surface area contributed by atoms with E-state index < -0.39 is 38.8 Å². The number of alkyl halides is 3. The fourth-order valence-electron chi connectivity index (χ4n) is 4.67. The van der Waals surface area contributed by atoms with Crippen LogP contribution in [0.15, 0.2) is 82.0 Å². The van der Waals surface area contributed by atoms with Gasteiger partial charge in [0.25, 0.3) is 5.91 Å². The van der Waals surface area contributed by atoms with Crippen LogP contribution in [0, 0.1) is 5.92 Å². The summed E-state index contributed by atoms with van der Waals surface area (Å²) in [5.41, 5.74) is 0.112. The zero-order chi connectivity index (χ0) is 28.0. The van der Waals surface area contributed by atoms with Gasteiger partial charge in [-0.15, -0.1) is 0 Å². The third-order valence-electron chi connectivity index (χ3n) is 6.67. The molecule has 0 spiro atoms. The number of rotatable bonds is 6. The number of amides is 1. The van der Waals surface area contributed by atoms with E-state index in [2.05, 4.69) is 23.8 Å². The van der Waals surface area contributed by atoms with E-state index >= 15 is 0 Å². The van der Waals surface area contributed by atoms with Gasteiger partial charge in [-0.2, -0.15) is 23.3 Å². The molecule has 0 aliphatic carbocycles. The van der Waals surface area contributed by atoms with E-state index in [1.807, 2.05) is 38.1 Å². The Morgan fingerprint density at radius 3 is 2.39 bits per heavy atom. The Morgan fingerprint density at radius 1 is 1.08 bits per heavy atom. The number of para-hydroxylation sites is 1. The standard InChI is InChI=1S/C27H29F3N4O3S/c1-17(2)14-15-33-22-11-6-5-10-21(22)26(3,4)23(33)13-12-20-24(27(28,29)30)32-34(25(20)35)18-8-7-9-19(16-18)38(31,36)37/h5-13,16-17H,14-15H2,1-4H3,(H2,31,36,37)/b20-12-,23-13+. The van der Waals surface area contributed by atoms with Gasteiger partial charge in [-0.05, 0) is 54.3 Å². The Kier molecular flexibility index (Phi) is 7.04. The third kappa shape index (κ3) is 5.12. The molecule has 0 saturated carbocycles. The topological polar surface area (TPSA) is 96.1 Å². The van der Waals surface area contributed by atoms with Crippen LogP contribution in [0.4, 0.5) is 24.5 Å². The second kappa shape index (κ2) is 9.70. The molecule has 2 aromatic rings. The Bertz CT molecular complexity index is 1470. The van der Waals surface area contributed by atoms with Gasteiger partial charge in [0.05, 0.1) is 16.2 Å². The van der Waals surface area contributed by atoms with Gasteiger partial charge in [0.15, 0.2) is 5.71 Å². The van der Waals surface area contributed by atoms with Gasteiger partial charge in [0.1, 0.15) is 0 Å². The fourth-order valence-corrected chi connectivity index (χ4v) is 5.23. The molecule has 38 heavy (non-hydrogen) atoms. The van der Waals surface area contributed by atoms with E-state index in [-0.39, 0.29) is 10.6 Å². The first-order valence-electron chi connectivity index (χ1n) is 12.1. The van der Waals surface area contributed by atoms with Crippen molar-refractivity contribution in [1.82, 2.24) is 0 Å². The van der Waals surface area contributed by atoms with Crippen molar-refractivity contribution in [3.63, 3.8) is 0 Å². The predicted octanol–water partition coefficient (Wildman–Crippen LogP) is 5.25. The van der Waals surface area contributed by atoms with Gasteiger partial charge in [-0.25, -0.2) is 13.6 Å². The lowest BCUT2D eigenvalue weighted by Gasteiger charge is -2.27. The van der Waals surface area contributed by atoms with Crippen molar-refractivity contribution in [3.8, 4) is 0 Å². The molecule has 0 atom stereocenters. The highest BCUT2D eigenvalue weighted by molar-refractivity contribution is 7.89. The number of benzene rings is 2. The molecule has 11 heteroatoms. The molecule has 0 saturated heterocycles. The van der Waals surface area contributed by atoms with Crippen LogP contribution in [-0.4, -0.2) is 32.8 Å². The van der Waals surface area contributed by atoms with Crippen molar-refractivity contribution in [2.75, 3.05) is 16.5 Å². The maximum Gasteiger partial charge on any atom is 0.435 e. The zero-order valence-corrected chi connectivity index (χ0v) is 22.3. The summed E-state index contributed by atoms with van der Waals surface area (Å²) in [5.74, 6) is -0.615. The van der Waals surface area contributed by atoms with E-state index in [0.717, 1.165) is 35.5 Å². The number of hydrogen-bond donors (Lipinski definition) is 1. The van der Waals surface area contributed by atoms with Crippen LogP contribution in [0.2, 0.25) is 0 Å². The molecule has 7 nitrogen and oxygen atoms in total. The largest absolute Gasteiger partial charge is 0.435 e. The SMILES string of the molecule is CC(C)CCN1/C(=C/C=C2\C(=O)N(c3cccc(S(N)(=O)=O)c3)N=C2C(F)(F)F)C(C)(C)c2ccccc21.